The van der Waals surface area contributed by atoms with Crippen molar-refractivity contribution >= 4 is 0 Å². The summed E-state index contributed by atoms with van der Waals surface area (Å²) in [5.74, 6) is 0. The Hall–Kier alpha value is -0.120. The van der Waals surface area contributed by atoms with Crippen LogP contribution in [-0.2, 0) is 9.47 Å². The number of ether oxygens (including phenoxy) is 2. The fourth-order valence-corrected chi connectivity index (χ4v) is 0.753. The molecule has 0 amide bonds. The van der Waals surface area contributed by atoms with Gasteiger partial charge in [0.05, 0.1) is 25.4 Å². The average Bonchev–Trinajstić information content (AvgIpc) is 1.79. The van der Waals surface area contributed by atoms with Crippen molar-refractivity contribution in [3.05, 3.63) is 0 Å². The monoisotopic (exact) mass is 131 g/mol. The van der Waals surface area contributed by atoms with Crippen molar-refractivity contribution in [2.75, 3.05) is 26.4 Å². The smallest absolute Gasteiger partial charge is 0.0865 e. The third kappa shape index (κ3) is 1.64. The van der Waals surface area contributed by atoms with E-state index in [1.807, 2.05) is 6.92 Å². The van der Waals surface area contributed by atoms with Crippen LogP contribution in [0, 0.1) is 0 Å². The molecule has 1 aliphatic heterocycles. The maximum absolute atomic E-state index is 5.74. The largest absolute Gasteiger partial charge is 0.380 e. The van der Waals surface area contributed by atoms with Crippen LogP contribution >= 0.6 is 0 Å². The SMILES string of the molecule is CCOCC1(N)COC1. The van der Waals surface area contributed by atoms with Gasteiger partial charge in [-0.15, -0.1) is 0 Å². The Balaban J connectivity index is 2.09. The minimum atomic E-state index is -0.171. The summed E-state index contributed by atoms with van der Waals surface area (Å²) in [6.45, 7) is 4.62. The van der Waals surface area contributed by atoms with Crippen LogP contribution in [0.25, 0.3) is 0 Å². The molecule has 0 spiro atoms. The summed E-state index contributed by atoms with van der Waals surface area (Å²) in [4.78, 5) is 0. The van der Waals surface area contributed by atoms with Gasteiger partial charge in [0, 0.05) is 6.61 Å². The highest BCUT2D eigenvalue weighted by Crippen LogP contribution is 2.12. The molecular formula is C6H13NO2. The van der Waals surface area contributed by atoms with E-state index in [0.717, 1.165) is 6.61 Å². The van der Waals surface area contributed by atoms with Crippen LogP contribution in [0.3, 0.4) is 0 Å². The lowest BCUT2D eigenvalue weighted by Gasteiger charge is -2.37. The van der Waals surface area contributed by atoms with Gasteiger partial charge in [-0.2, -0.15) is 0 Å². The maximum Gasteiger partial charge on any atom is 0.0865 e. The zero-order chi connectivity index (χ0) is 6.74. The van der Waals surface area contributed by atoms with Gasteiger partial charge < -0.3 is 15.2 Å². The first-order chi connectivity index (χ1) is 4.27. The van der Waals surface area contributed by atoms with Crippen molar-refractivity contribution in [2.24, 2.45) is 5.73 Å². The Morgan fingerprint density at radius 3 is 2.67 bits per heavy atom. The Bertz CT molecular complexity index is 91.1. The van der Waals surface area contributed by atoms with Crippen LogP contribution in [-0.4, -0.2) is 32.0 Å². The molecule has 1 fully saturated rings. The van der Waals surface area contributed by atoms with Crippen LogP contribution in [0.15, 0.2) is 0 Å². The zero-order valence-corrected chi connectivity index (χ0v) is 5.72. The van der Waals surface area contributed by atoms with Crippen molar-refractivity contribution in [1.29, 1.82) is 0 Å². The van der Waals surface area contributed by atoms with Crippen LogP contribution in [0.4, 0.5) is 0 Å². The molecule has 0 bridgehead atoms. The van der Waals surface area contributed by atoms with Crippen LogP contribution in [0.5, 0.6) is 0 Å². The number of nitrogens with two attached hydrogens (primary N) is 1. The molecule has 1 saturated heterocycles. The highest BCUT2D eigenvalue weighted by molar-refractivity contribution is 4.90. The van der Waals surface area contributed by atoms with Crippen LogP contribution in [0.1, 0.15) is 6.92 Å². The summed E-state index contributed by atoms with van der Waals surface area (Å²) in [7, 11) is 0. The Labute approximate surface area is 55.1 Å². The second-order valence-corrected chi connectivity index (χ2v) is 2.49. The first-order valence-corrected chi connectivity index (χ1v) is 3.21. The highest BCUT2D eigenvalue weighted by atomic mass is 16.5. The molecule has 0 aromatic heterocycles. The summed E-state index contributed by atoms with van der Waals surface area (Å²) in [5, 5.41) is 0. The quantitative estimate of drug-likeness (QED) is 0.574. The van der Waals surface area contributed by atoms with Gasteiger partial charge in [-0.1, -0.05) is 0 Å². The molecule has 0 unspecified atom stereocenters. The van der Waals surface area contributed by atoms with E-state index in [1.54, 1.807) is 0 Å². The predicted molar refractivity (Wildman–Crippen MR) is 34.2 cm³/mol. The lowest BCUT2D eigenvalue weighted by Crippen LogP contribution is -2.60. The Morgan fingerprint density at radius 1 is 1.67 bits per heavy atom. The molecule has 9 heavy (non-hydrogen) atoms. The molecule has 2 N–H and O–H groups in total. The van der Waals surface area contributed by atoms with E-state index in [1.165, 1.54) is 0 Å². The van der Waals surface area contributed by atoms with E-state index in [9.17, 15) is 0 Å². The van der Waals surface area contributed by atoms with Crippen molar-refractivity contribution < 1.29 is 9.47 Å². The molecule has 1 rings (SSSR count). The predicted octanol–water partition coefficient (Wildman–Crippen LogP) is -0.249. The summed E-state index contributed by atoms with van der Waals surface area (Å²) in [5.41, 5.74) is 5.57. The van der Waals surface area contributed by atoms with Gasteiger partial charge in [0.1, 0.15) is 0 Å². The van der Waals surface area contributed by atoms with E-state index in [-0.39, 0.29) is 5.54 Å². The van der Waals surface area contributed by atoms with E-state index < -0.39 is 0 Å². The molecule has 0 atom stereocenters. The van der Waals surface area contributed by atoms with Gasteiger partial charge >= 0.3 is 0 Å². The van der Waals surface area contributed by atoms with Gasteiger partial charge in [-0.25, -0.2) is 0 Å². The van der Waals surface area contributed by atoms with Gasteiger partial charge in [-0.3, -0.25) is 0 Å². The summed E-state index contributed by atoms with van der Waals surface area (Å²) in [6.07, 6.45) is 0. The molecule has 54 valence electrons. The third-order valence-corrected chi connectivity index (χ3v) is 1.37. The van der Waals surface area contributed by atoms with E-state index in [2.05, 4.69) is 0 Å². The van der Waals surface area contributed by atoms with Crippen molar-refractivity contribution in [3.8, 4) is 0 Å². The summed E-state index contributed by atoms with van der Waals surface area (Å²) in [6, 6.07) is 0. The number of hydrogen-bond donors (Lipinski definition) is 1. The van der Waals surface area contributed by atoms with Gasteiger partial charge in [-0.05, 0) is 6.92 Å². The van der Waals surface area contributed by atoms with E-state index in [4.69, 9.17) is 15.2 Å². The summed E-state index contributed by atoms with van der Waals surface area (Å²) < 4.78 is 10.1. The minimum Gasteiger partial charge on any atom is -0.380 e. The highest BCUT2D eigenvalue weighted by Gasteiger charge is 2.33. The fourth-order valence-electron chi connectivity index (χ4n) is 0.753. The molecule has 0 aromatic carbocycles. The maximum atomic E-state index is 5.74. The summed E-state index contributed by atoms with van der Waals surface area (Å²) >= 11 is 0. The molecule has 0 saturated carbocycles. The van der Waals surface area contributed by atoms with Crippen LogP contribution in [0.2, 0.25) is 0 Å². The Morgan fingerprint density at radius 2 is 2.33 bits per heavy atom. The number of rotatable bonds is 3. The molecule has 0 aliphatic carbocycles. The third-order valence-electron chi connectivity index (χ3n) is 1.37. The first-order valence-electron chi connectivity index (χ1n) is 3.21. The lowest BCUT2D eigenvalue weighted by atomic mass is 10.0. The van der Waals surface area contributed by atoms with Crippen molar-refractivity contribution in [3.63, 3.8) is 0 Å². The van der Waals surface area contributed by atoms with E-state index in [0.29, 0.717) is 19.8 Å². The van der Waals surface area contributed by atoms with Crippen LogP contribution < -0.4 is 5.73 Å². The molecular weight excluding hydrogens is 118 g/mol. The lowest BCUT2D eigenvalue weighted by molar-refractivity contribution is -0.0899. The fraction of sp³-hybridized carbons (Fsp3) is 1.00. The van der Waals surface area contributed by atoms with Gasteiger partial charge in [0.2, 0.25) is 0 Å². The molecule has 0 radical (unpaired) electrons. The van der Waals surface area contributed by atoms with Gasteiger partial charge in [0.15, 0.2) is 0 Å². The van der Waals surface area contributed by atoms with Crippen molar-refractivity contribution in [2.45, 2.75) is 12.5 Å². The van der Waals surface area contributed by atoms with Gasteiger partial charge in [0.25, 0.3) is 0 Å². The second kappa shape index (κ2) is 2.64. The number of hydrogen-bond acceptors (Lipinski definition) is 3. The standard InChI is InChI=1S/C6H13NO2/c1-2-8-3-6(7)4-9-5-6/h2-5,7H2,1H3. The Kier molecular flexibility index (Phi) is 2.05. The topological polar surface area (TPSA) is 44.5 Å². The first kappa shape index (κ1) is 6.99. The molecule has 3 nitrogen and oxygen atoms in total. The second-order valence-electron chi connectivity index (χ2n) is 2.49. The zero-order valence-electron chi connectivity index (χ0n) is 5.72. The minimum absolute atomic E-state index is 0.171. The molecule has 0 aromatic rings. The molecule has 3 heteroatoms. The molecule has 1 aliphatic rings. The molecule has 1 heterocycles. The average molecular weight is 131 g/mol. The normalized spacial score (nSPS) is 23.3. The van der Waals surface area contributed by atoms with Crippen molar-refractivity contribution in [1.82, 2.24) is 0 Å². The van der Waals surface area contributed by atoms with E-state index >= 15 is 0 Å².